The largest absolute Gasteiger partial charge is 0.465 e. The van der Waals surface area contributed by atoms with Crippen LogP contribution in [0.3, 0.4) is 0 Å². The van der Waals surface area contributed by atoms with Gasteiger partial charge in [0, 0.05) is 24.9 Å². The highest BCUT2D eigenvalue weighted by Gasteiger charge is 2.21. The molecule has 0 aliphatic carbocycles. The zero-order valence-corrected chi connectivity index (χ0v) is 14.4. The van der Waals surface area contributed by atoms with Crippen molar-refractivity contribution in [3.8, 4) is 0 Å². The number of rotatable bonds is 7. The molecule has 1 amide bonds. The Morgan fingerprint density at radius 2 is 1.83 bits per heavy atom. The van der Waals surface area contributed by atoms with Crippen LogP contribution >= 0.6 is 0 Å². The van der Waals surface area contributed by atoms with E-state index in [4.69, 9.17) is 4.42 Å². The molecule has 6 nitrogen and oxygen atoms in total. The van der Waals surface area contributed by atoms with E-state index in [-0.39, 0.29) is 10.8 Å². The summed E-state index contributed by atoms with van der Waals surface area (Å²) in [5.41, 5.74) is 0.516. The van der Waals surface area contributed by atoms with Crippen molar-refractivity contribution in [1.29, 1.82) is 0 Å². The van der Waals surface area contributed by atoms with Gasteiger partial charge >= 0.3 is 0 Å². The zero-order chi connectivity index (χ0) is 17.6. The third-order valence-electron chi connectivity index (χ3n) is 3.41. The minimum absolute atomic E-state index is 0.204. The number of furan rings is 1. The predicted octanol–water partition coefficient (Wildman–Crippen LogP) is 2.96. The monoisotopic (exact) mass is 348 g/mol. The Hall–Kier alpha value is -2.38. The molecule has 0 aliphatic heterocycles. The molecule has 1 heterocycles. The van der Waals surface area contributed by atoms with Gasteiger partial charge < -0.3 is 9.73 Å². The molecule has 7 heteroatoms. The minimum atomic E-state index is -3.49. The predicted molar refractivity (Wildman–Crippen MR) is 92.9 cm³/mol. The van der Waals surface area contributed by atoms with Crippen LogP contribution < -0.4 is 5.32 Å². The standard InChI is InChI=1S/C17H20N2O4S/c1-3-19(4-2)24(21,22)16-10-7-14(8-11-16)18-17(20)12-9-15-6-5-13-23-15/h5-13H,3-4H2,1-2H3,(H,18,20). The average molecular weight is 348 g/mol. The number of amides is 1. The van der Waals surface area contributed by atoms with E-state index in [1.807, 2.05) is 0 Å². The zero-order valence-electron chi connectivity index (χ0n) is 13.6. The Morgan fingerprint density at radius 3 is 2.38 bits per heavy atom. The van der Waals surface area contributed by atoms with E-state index in [1.54, 1.807) is 44.2 Å². The second-order valence-electron chi connectivity index (χ2n) is 4.95. The smallest absolute Gasteiger partial charge is 0.248 e. The Morgan fingerprint density at radius 1 is 1.17 bits per heavy atom. The molecule has 0 atom stereocenters. The molecule has 0 unspecified atom stereocenters. The summed E-state index contributed by atoms with van der Waals surface area (Å²) in [6.07, 6.45) is 4.42. The van der Waals surface area contributed by atoms with Crippen molar-refractivity contribution in [1.82, 2.24) is 4.31 Å². The molecule has 0 fully saturated rings. The van der Waals surface area contributed by atoms with Gasteiger partial charge in [0.25, 0.3) is 0 Å². The fourth-order valence-corrected chi connectivity index (χ4v) is 3.61. The van der Waals surface area contributed by atoms with Gasteiger partial charge in [-0.1, -0.05) is 13.8 Å². The van der Waals surface area contributed by atoms with Crippen molar-refractivity contribution in [2.24, 2.45) is 0 Å². The number of sulfonamides is 1. The van der Waals surface area contributed by atoms with Crippen LogP contribution in [0.15, 0.2) is 58.1 Å². The summed E-state index contributed by atoms with van der Waals surface area (Å²) in [6, 6.07) is 9.56. The van der Waals surface area contributed by atoms with Crippen LogP contribution in [0.25, 0.3) is 6.08 Å². The van der Waals surface area contributed by atoms with Gasteiger partial charge in [-0.25, -0.2) is 8.42 Å². The van der Waals surface area contributed by atoms with Gasteiger partial charge in [0.15, 0.2) is 0 Å². The van der Waals surface area contributed by atoms with Gasteiger partial charge in [-0.05, 0) is 42.5 Å². The number of nitrogens with one attached hydrogen (secondary N) is 1. The SMILES string of the molecule is CCN(CC)S(=O)(=O)c1ccc(NC(=O)C=Cc2ccco2)cc1. The lowest BCUT2D eigenvalue weighted by Crippen LogP contribution is -2.30. The number of hydrogen-bond acceptors (Lipinski definition) is 4. The van der Waals surface area contributed by atoms with Gasteiger partial charge in [-0.2, -0.15) is 4.31 Å². The van der Waals surface area contributed by atoms with Crippen LogP contribution in [0.1, 0.15) is 19.6 Å². The third-order valence-corrected chi connectivity index (χ3v) is 5.47. The van der Waals surface area contributed by atoms with Gasteiger partial charge in [0.1, 0.15) is 5.76 Å². The fourth-order valence-electron chi connectivity index (χ4n) is 2.15. The summed E-state index contributed by atoms with van der Waals surface area (Å²) in [5, 5.41) is 2.66. The van der Waals surface area contributed by atoms with E-state index in [0.717, 1.165) is 0 Å². The first-order valence-corrected chi connectivity index (χ1v) is 9.04. The molecule has 0 aliphatic rings. The molecule has 0 saturated heterocycles. The minimum Gasteiger partial charge on any atom is -0.465 e. The molecule has 2 aromatic rings. The lowest BCUT2D eigenvalue weighted by molar-refractivity contribution is -0.111. The number of carbonyl (C=O) groups excluding carboxylic acids is 1. The molecule has 0 radical (unpaired) electrons. The van der Waals surface area contributed by atoms with E-state index in [0.29, 0.717) is 24.5 Å². The van der Waals surface area contributed by atoms with Crippen molar-refractivity contribution in [2.75, 3.05) is 18.4 Å². The first-order valence-electron chi connectivity index (χ1n) is 7.60. The maximum atomic E-state index is 12.4. The molecule has 0 saturated carbocycles. The Kier molecular flexibility index (Phi) is 5.94. The van der Waals surface area contributed by atoms with Crippen LogP contribution in [0.2, 0.25) is 0 Å². The normalized spacial score (nSPS) is 12.0. The molecule has 1 aromatic carbocycles. The lowest BCUT2D eigenvalue weighted by atomic mass is 10.3. The summed E-state index contributed by atoms with van der Waals surface area (Å²) in [5.74, 6) is 0.247. The van der Waals surface area contributed by atoms with Crippen molar-refractivity contribution in [3.05, 3.63) is 54.5 Å². The summed E-state index contributed by atoms with van der Waals surface area (Å²) < 4.78 is 31.2. The maximum absolute atomic E-state index is 12.4. The number of hydrogen-bond donors (Lipinski definition) is 1. The first kappa shape index (κ1) is 18.0. The fraction of sp³-hybridized carbons (Fsp3) is 0.235. The summed E-state index contributed by atoms with van der Waals surface area (Å²) >= 11 is 0. The highest BCUT2D eigenvalue weighted by Crippen LogP contribution is 2.18. The quantitative estimate of drug-likeness (QED) is 0.780. The van der Waals surface area contributed by atoms with Crippen LogP contribution in [-0.4, -0.2) is 31.7 Å². The Labute approximate surface area is 141 Å². The first-order chi connectivity index (χ1) is 11.5. The molecule has 1 aromatic heterocycles. The molecule has 0 bridgehead atoms. The molecule has 128 valence electrons. The third kappa shape index (κ3) is 4.33. The van der Waals surface area contributed by atoms with E-state index >= 15 is 0 Å². The van der Waals surface area contributed by atoms with Gasteiger partial charge in [-0.3, -0.25) is 4.79 Å². The molecular weight excluding hydrogens is 328 g/mol. The Bertz CT molecular complexity index is 790. The summed E-state index contributed by atoms with van der Waals surface area (Å²) in [4.78, 5) is 12.0. The summed E-state index contributed by atoms with van der Waals surface area (Å²) in [6.45, 7) is 4.41. The molecule has 1 N–H and O–H groups in total. The van der Waals surface area contributed by atoms with Gasteiger partial charge in [0.2, 0.25) is 15.9 Å². The van der Waals surface area contributed by atoms with Crippen molar-refractivity contribution in [3.63, 3.8) is 0 Å². The average Bonchev–Trinajstić information content (AvgIpc) is 3.08. The lowest BCUT2D eigenvalue weighted by Gasteiger charge is -2.18. The van der Waals surface area contributed by atoms with E-state index in [1.165, 1.54) is 28.8 Å². The summed E-state index contributed by atoms with van der Waals surface area (Å²) in [7, 11) is -3.49. The highest BCUT2D eigenvalue weighted by atomic mass is 32.2. The van der Waals surface area contributed by atoms with Gasteiger partial charge in [-0.15, -0.1) is 0 Å². The van der Waals surface area contributed by atoms with Crippen LogP contribution in [0.4, 0.5) is 5.69 Å². The molecule has 0 spiro atoms. The highest BCUT2D eigenvalue weighted by molar-refractivity contribution is 7.89. The number of nitrogens with zero attached hydrogens (tertiary/aromatic N) is 1. The second-order valence-corrected chi connectivity index (χ2v) is 6.89. The second kappa shape index (κ2) is 7.94. The molecular formula is C17H20N2O4S. The van der Waals surface area contributed by atoms with Crippen LogP contribution in [0.5, 0.6) is 0 Å². The van der Waals surface area contributed by atoms with Crippen molar-refractivity contribution >= 4 is 27.7 Å². The van der Waals surface area contributed by atoms with Crippen LogP contribution in [-0.2, 0) is 14.8 Å². The number of carbonyl (C=O) groups is 1. The number of anilines is 1. The topological polar surface area (TPSA) is 79.6 Å². The molecule has 2 rings (SSSR count). The van der Waals surface area contributed by atoms with Crippen LogP contribution in [0, 0.1) is 0 Å². The number of benzene rings is 1. The van der Waals surface area contributed by atoms with E-state index in [2.05, 4.69) is 5.32 Å². The van der Waals surface area contributed by atoms with Gasteiger partial charge in [0.05, 0.1) is 11.2 Å². The van der Waals surface area contributed by atoms with Crippen molar-refractivity contribution < 1.29 is 17.6 Å². The van der Waals surface area contributed by atoms with E-state index in [9.17, 15) is 13.2 Å². The van der Waals surface area contributed by atoms with E-state index < -0.39 is 10.0 Å². The maximum Gasteiger partial charge on any atom is 0.248 e. The van der Waals surface area contributed by atoms with Crippen molar-refractivity contribution in [2.45, 2.75) is 18.7 Å². The Balaban J connectivity index is 2.05. The molecule has 24 heavy (non-hydrogen) atoms.